The van der Waals surface area contributed by atoms with Crippen LogP contribution in [0.25, 0.3) is 0 Å². The molecule has 0 radical (unpaired) electrons. The van der Waals surface area contributed by atoms with E-state index in [2.05, 4.69) is 32.6 Å². The van der Waals surface area contributed by atoms with E-state index in [1.54, 1.807) is 27.7 Å². The third kappa shape index (κ3) is 51.1. The molecular weight excluding hydrogens is 598 g/mol. The van der Waals surface area contributed by atoms with E-state index in [1.807, 2.05) is 34.6 Å². The number of carboxylic acids is 1. The maximum atomic E-state index is 11.3. The molecule has 0 aliphatic carbocycles. The molecule has 0 saturated carbocycles. The van der Waals surface area contributed by atoms with Gasteiger partial charge in [0, 0.05) is 12.2 Å². The number of ether oxygens (including phenoxy) is 2. The van der Waals surface area contributed by atoms with Crippen LogP contribution in [0.1, 0.15) is 116 Å². The molecule has 264 valence electrons. The number of rotatable bonds is 14. The zero-order valence-corrected chi connectivity index (χ0v) is 31.2. The largest absolute Gasteiger partial charge is 0.478 e. The Labute approximate surface area is 279 Å². The van der Waals surface area contributed by atoms with E-state index in [-0.39, 0.29) is 12.6 Å². The number of unbranched alkanes of at least 4 members (excludes halogenated alkanes) is 2. The molecule has 10 heteroatoms. The third-order valence-corrected chi connectivity index (χ3v) is 5.15. The van der Waals surface area contributed by atoms with E-state index in [9.17, 15) is 19.2 Å². The lowest BCUT2D eigenvalue weighted by molar-refractivity contribution is -0.140. The number of hydrogen-bond donors (Lipinski definition) is 2. The van der Waals surface area contributed by atoms with Crippen molar-refractivity contribution in [1.29, 1.82) is 0 Å². The normalized spacial score (nSPS) is 8.98. The zero-order valence-electron chi connectivity index (χ0n) is 30.5. The van der Waals surface area contributed by atoms with Gasteiger partial charge in [0.25, 0.3) is 0 Å². The van der Waals surface area contributed by atoms with Gasteiger partial charge in [-0.2, -0.15) is 0 Å². The second-order valence-electron chi connectivity index (χ2n) is 10.6. The fourth-order valence-electron chi connectivity index (χ4n) is 2.56. The molecule has 0 spiro atoms. The van der Waals surface area contributed by atoms with Crippen LogP contribution in [-0.2, 0) is 28.7 Å². The summed E-state index contributed by atoms with van der Waals surface area (Å²) in [5.41, 5.74) is 3.90. The Bertz CT molecular complexity index is 867. The number of halogens is 1. The first kappa shape index (κ1) is 51.8. The Kier molecular flexibility index (Phi) is 43.1. The van der Waals surface area contributed by atoms with Gasteiger partial charge in [0.1, 0.15) is 0 Å². The Morgan fingerprint density at radius 2 is 1.07 bits per heavy atom. The average Bonchev–Trinajstić information content (AvgIpc) is 2.90. The predicted molar refractivity (Wildman–Crippen MR) is 187 cm³/mol. The minimum atomic E-state index is -0.875. The molecule has 0 fully saturated rings. The number of esters is 2. The third-order valence-electron chi connectivity index (χ3n) is 5.04. The summed E-state index contributed by atoms with van der Waals surface area (Å²) >= 11 is 4.96. The Balaban J connectivity index is -0.000000152. The molecule has 0 aliphatic rings. The molecule has 45 heavy (non-hydrogen) atoms. The van der Waals surface area contributed by atoms with Gasteiger partial charge in [0.05, 0.1) is 25.4 Å². The zero-order chi connectivity index (χ0) is 36.4. The fraction of sp³-hybridized carbons (Fsp3) is 0.657. The topological polar surface area (TPSA) is 130 Å². The highest BCUT2D eigenvalue weighted by Crippen LogP contribution is 2.05. The van der Waals surface area contributed by atoms with Crippen molar-refractivity contribution < 1.29 is 38.9 Å². The second kappa shape index (κ2) is 37.4. The first-order valence-corrected chi connectivity index (χ1v) is 16.0. The van der Waals surface area contributed by atoms with Crippen LogP contribution in [0, 0.1) is 0 Å². The van der Waals surface area contributed by atoms with E-state index in [1.165, 1.54) is 37.9 Å². The highest BCUT2D eigenvalue weighted by atomic mass is 35.5. The number of carbonyl (C=O) groups is 4. The van der Waals surface area contributed by atoms with Crippen LogP contribution in [0.4, 0.5) is 0 Å². The second-order valence-corrected chi connectivity index (χ2v) is 10.9. The van der Waals surface area contributed by atoms with Crippen molar-refractivity contribution in [2.45, 2.75) is 116 Å². The minimum Gasteiger partial charge on any atom is -0.478 e. The number of hydrogen-bond acceptors (Lipinski definition) is 8. The van der Waals surface area contributed by atoms with Crippen molar-refractivity contribution in [2.24, 2.45) is 0 Å². The summed E-state index contributed by atoms with van der Waals surface area (Å²) in [6.45, 7) is 29.4. The number of nitrogens with zero attached hydrogens (tertiary/aromatic N) is 1. The van der Waals surface area contributed by atoms with Crippen LogP contribution < -0.4 is 0 Å². The first-order chi connectivity index (χ1) is 20.9. The number of allylic oxidation sites excluding steroid dienone is 5. The molecule has 0 amide bonds. The van der Waals surface area contributed by atoms with Gasteiger partial charge in [0.15, 0.2) is 0 Å². The highest BCUT2D eigenvalue weighted by molar-refractivity contribution is 6.66. The maximum absolute atomic E-state index is 11.3. The SMILES string of the molecule is CC(C)=CC(=O)Cl.CC(C)=CC(=O)O.CCCCOC(=O)C(CO)=C(C)C.CCCCOC(=O)C=C(C)C.CCN(CC)CC. The van der Waals surface area contributed by atoms with Crippen molar-refractivity contribution in [3.8, 4) is 0 Å². The standard InChI is InChI=1S/C10H18O3.C9H16O2.C6H15N.C5H7ClO.C5H8O2/c1-4-5-6-13-10(12)9(7-11)8(2)3;1-4-5-6-11-9(10)7-8(2)3;1-4-7(5-2)6-3;2*1-4(2)3-5(6)7/h11H,4-7H2,1-3H3;7H,4-6H2,1-3H3;4-6H2,1-3H3;3H,1-2H3;3H,1-2H3,(H,6,7). The van der Waals surface area contributed by atoms with Crippen molar-refractivity contribution >= 4 is 34.8 Å². The maximum Gasteiger partial charge on any atom is 0.336 e. The molecule has 9 nitrogen and oxygen atoms in total. The number of aliphatic hydroxyl groups is 1. The molecule has 0 aromatic rings. The van der Waals surface area contributed by atoms with E-state index in [4.69, 9.17) is 31.3 Å². The Morgan fingerprint density at radius 1 is 0.667 bits per heavy atom. The molecule has 0 aliphatic heterocycles. The lowest BCUT2D eigenvalue weighted by Crippen LogP contribution is -2.21. The van der Waals surface area contributed by atoms with Crippen LogP contribution in [0.3, 0.4) is 0 Å². The van der Waals surface area contributed by atoms with E-state index >= 15 is 0 Å². The average molecular weight is 662 g/mol. The van der Waals surface area contributed by atoms with Gasteiger partial charge in [-0.15, -0.1) is 0 Å². The molecule has 0 saturated heterocycles. The molecule has 0 aromatic heterocycles. The van der Waals surface area contributed by atoms with Gasteiger partial charge >= 0.3 is 17.9 Å². The first-order valence-electron chi connectivity index (χ1n) is 15.6. The Morgan fingerprint density at radius 3 is 1.27 bits per heavy atom. The van der Waals surface area contributed by atoms with Crippen LogP contribution in [0.15, 0.2) is 46.1 Å². The van der Waals surface area contributed by atoms with Gasteiger partial charge in [-0.25, -0.2) is 14.4 Å². The lowest BCUT2D eigenvalue weighted by atomic mass is 10.1. The monoisotopic (exact) mass is 661 g/mol. The molecule has 0 atom stereocenters. The number of carboxylic acid groups (broad SMARTS) is 1. The van der Waals surface area contributed by atoms with Crippen molar-refractivity contribution in [1.82, 2.24) is 4.90 Å². The van der Waals surface area contributed by atoms with E-state index in [0.717, 1.165) is 48.0 Å². The summed E-state index contributed by atoms with van der Waals surface area (Å²) in [5, 5.41) is 16.5. The summed E-state index contributed by atoms with van der Waals surface area (Å²) in [5.74, 6) is -1.49. The van der Waals surface area contributed by atoms with E-state index in [0.29, 0.717) is 18.8 Å². The number of aliphatic carboxylic acids is 1. The molecule has 0 bridgehead atoms. The molecule has 2 N–H and O–H groups in total. The summed E-state index contributed by atoms with van der Waals surface area (Å²) in [7, 11) is 0. The van der Waals surface area contributed by atoms with Crippen molar-refractivity contribution in [3.05, 3.63) is 46.1 Å². The van der Waals surface area contributed by atoms with Crippen molar-refractivity contribution in [3.63, 3.8) is 0 Å². The van der Waals surface area contributed by atoms with Gasteiger partial charge in [0.2, 0.25) is 5.24 Å². The van der Waals surface area contributed by atoms with Crippen LogP contribution in [0.5, 0.6) is 0 Å². The van der Waals surface area contributed by atoms with Crippen LogP contribution in [0.2, 0.25) is 0 Å². The quantitative estimate of drug-likeness (QED) is 0.0821. The molecule has 0 unspecified atom stereocenters. The van der Waals surface area contributed by atoms with Gasteiger partial charge < -0.3 is 24.6 Å². The number of aliphatic hydroxyl groups excluding tert-OH is 1. The van der Waals surface area contributed by atoms with E-state index < -0.39 is 17.2 Å². The molecule has 0 heterocycles. The Hall–Kier alpha value is -2.75. The smallest absolute Gasteiger partial charge is 0.336 e. The summed E-state index contributed by atoms with van der Waals surface area (Å²) in [4.78, 5) is 44.1. The van der Waals surface area contributed by atoms with Gasteiger partial charge in [-0.05, 0) is 106 Å². The van der Waals surface area contributed by atoms with Crippen LogP contribution in [-0.4, -0.2) is 77.7 Å². The molecule has 0 aromatic carbocycles. The molecule has 0 rings (SSSR count). The van der Waals surface area contributed by atoms with Crippen LogP contribution >= 0.6 is 11.6 Å². The molecular formula is C35H64ClNO8. The number of carbonyl (C=O) groups excluding carboxylic acids is 3. The summed E-state index contributed by atoms with van der Waals surface area (Å²) in [6.07, 6.45) is 7.92. The minimum absolute atomic E-state index is 0.224. The summed E-state index contributed by atoms with van der Waals surface area (Å²) in [6, 6.07) is 0. The fourth-order valence-corrected chi connectivity index (χ4v) is 2.78. The lowest BCUT2D eigenvalue weighted by Gasteiger charge is -2.13. The van der Waals surface area contributed by atoms with Gasteiger partial charge in [-0.3, -0.25) is 4.79 Å². The van der Waals surface area contributed by atoms with Gasteiger partial charge in [-0.1, -0.05) is 69.8 Å². The predicted octanol–water partition coefficient (Wildman–Crippen LogP) is 8.06. The van der Waals surface area contributed by atoms with Crippen molar-refractivity contribution in [2.75, 3.05) is 39.5 Å². The summed E-state index contributed by atoms with van der Waals surface area (Å²) < 4.78 is 9.82. The highest BCUT2D eigenvalue weighted by Gasteiger charge is 2.10.